The van der Waals surface area contributed by atoms with Crippen molar-refractivity contribution in [2.45, 2.75) is 171 Å². The van der Waals surface area contributed by atoms with E-state index in [2.05, 4.69) is 26.6 Å². The van der Waals surface area contributed by atoms with Gasteiger partial charge in [-0.1, -0.05) is 76.2 Å². The van der Waals surface area contributed by atoms with Crippen LogP contribution in [0.4, 0.5) is 0 Å². The van der Waals surface area contributed by atoms with E-state index in [1.807, 2.05) is 69.2 Å². The highest BCUT2D eigenvalue weighted by molar-refractivity contribution is 5.92. The van der Waals surface area contributed by atoms with E-state index in [-0.39, 0.29) is 61.2 Å². The minimum atomic E-state index is -1.16. The molecule has 0 radical (unpaired) electrons. The number of carbonyl (C=O) groups is 6. The van der Waals surface area contributed by atoms with Gasteiger partial charge in [-0.2, -0.15) is 0 Å². The van der Waals surface area contributed by atoms with Crippen LogP contribution < -0.4 is 26.6 Å². The molecule has 14 heteroatoms. The monoisotopic (exact) mass is 733 g/mol. The van der Waals surface area contributed by atoms with Gasteiger partial charge in [-0.05, 0) is 62.7 Å². The molecule has 0 aromatic carbocycles. The third-order valence-electron chi connectivity index (χ3n) is 7.83. The summed E-state index contributed by atoms with van der Waals surface area (Å²) in [7, 11) is 0. The Morgan fingerprint density at radius 3 is 1.45 bits per heavy atom. The van der Waals surface area contributed by atoms with Gasteiger partial charge in [-0.15, -0.1) is 0 Å². The molecule has 0 aromatic heterocycles. The summed E-state index contributed by atoms with van der Waals surface area (Å²) >= 11 is 0. The number of amides is 5. The van der Waals surface area contributed by atoms with Crippen molar-refractivity contribution < 1.29 is 45.5 Å². The average molecular weight is 733 g/mol. The molecule has 0 heterocycles. The molecule has 0 aliphatic rings. The molecule has 14 nitrogen and oxygen atoms in total. The minimum absolute atomic E-state index is 0. The number of aliphatic hydroxyl groups is 2. The van der Waals surface area contributed by atoms with Crippen LogP contribution in [0.5, 0.6) is 0 Å². The predicted octanol–water partition coefficient (Wildman–Crippen LogP) is 3.13. The zero-order valence-corrected chi connectivity index (χ0v) is 33.5. The van der Waals surface area contributed by atoms with Crippen LogP contribution in [0.1, 0.15) is 130 Å². The van der Waals surface area contributed by atoms with E-state index in [1.165, 1.54) is 0 Å². The molecule has 7 atom stereocenters. The molecule has 300 valence electrons. The Kier molecular flexibility index (Phi) is 25.1. The van der Waals surface area contributed by atoms with Gasteiger partial charge < -0.3 is 41.9 Å². The zero-order valence-electron chi connectivity index (χ0n) is 33.5. The smallest absolute Gasteiger partial charge is 0.306 e. The van der Waals surface area contributed by atoms with Crippen LogP contribution >= 0.6 is 0 Å². The van der Waals surface area contributed by atoms with E-state index < -0.39 is 54.7 Å². The highest BCUT2D eigenvalue weighted by Gasteiger charge is 2.31. The second-order valence-electron chi connectivity index (χ2n) is 15.6. The first kappa shape index (κ1) is 49.9. The number of carbonyl (C=O) groups excluding carboxylic acids is 5. The number of aliphatic hydroxyl groups excluding tert-OH is 2. The molecular weight excluding hydrogens is 658 g/mol. The molecule has 0 unspecified atom stereocenters. The number of aliphatic carboxylic acids is 1. The van der Waals surface area contributed by atoms with Gasteiger partial charge in [0.15, 0.2) is 0 Å². The van der Waals surface area contributed by atoms with E-state index in [9.17, 15) is 39.0 Å². The Morgan fingerprint density at radius 1 is 0.549 bits per heavy atom. The van der Waals surface area contributed by atoms with Crippen molar-refractivity contribution in [3.63, 3.8) is 0 Å². The predicted molar refractivity (Wildman–Crippen MR) is 200 cm³/mol. The fourth-order valence-electron chi connectivity index (χ4n) is 5.13. The summed E-state index contributed by atoms with van der Waals surface area (Å²) in [5.74, 6) is -1.90. The molecule has 0 spiro atoms. The Labute approximate surface area is 307 Å². The van der Waals surface area contributed by atoms with E-state index in [0.29, 0.717) is 31.6 Å². The maximum Gasteiger partial charge on any atom is 0.306 e. The summed E-state index contributed by atoms with van der Waals surface area (Å²) in [4.78, 5) is 72.0. The highest BCUT2D eigenvalue weighted by atomic mass is 16.4. The number of hydrogen-bond acceptors (Lipinski definition) is 8. The second-order valence-corrected chi connectivity index (χ2v) is 15.6. The lowest BCUT2D eigenvalue weighted by Gasteiger charge is -2.29. The molecule has 0 aliphatic carbocycles. The van der Waals surface area contributed by atoms with Crippen LogP contribution in [0.3, 0.4) is 0 Å². The van der Waals surface area contributed by atoms with Gasteiger partial charge in [-0.3, -0.25) is 28.8 Å². The summed E-state index contributed by atoms with van der Waals surface area (Å²) < 4.78 is 0. The molecule has 0 saturated carbocycles. The summed E-state index contributed by atoms with van der Waals surface area (Å²) in [6.07, 6.45) is -0.107. The SMILES string of the molecule is CC(C)CC(=O)N[C@H](C(=O)N[C@@H](CC(C)C)C(=O)N[C@@H](CC(C)C)[C@H](C)O)C(C)C.CCC(=O)N[C@@H](C)C(=O)N[C@@H](CC(C)C)[C@@H](O)CC(=O)O.[2HH]. The minimum Gasteiger partial charge on any atom is -0.481 e. The number of carboxylic acids is 1. The third kappa shape index (κ3) is 23.8. The van der Waals surface area contributed by atoms with Crippen LogP contribution in [0, 0.1) is 29.6 Å². The molecule has 51 heavy (non-hydrogen) atoms. The van der Waals surface area contributed by atoms with Gasteiger partial charge in [0.25, 0.3) is 0 Å². The van der Waals surface area contributed by atoms with Crippen LogP contribution in [-0.2, 0) is 28.8 Å². The van der Waals surface area contributed by atoms with Crippen molar-refractivity contribution in [1.29, 1.82) is 0 Å². The number of carboxylic acid groups (broad SMARTS) is 1. The number of nitrogens with one attached hydrogen (secondary N) is 5. The molecule has 0 fully saturated rings. The van der Waals surface area contributed by atoms with Gasteiger partial charge in [0.2, 0.25) is 29.5 Å². The fraction of sp³-hybridized carbons (Fsp3) is 0.838. The first-order chi connectivity index (χ1) is 23.4. The first-order valence-corrected chi connectivity index (χ1v) is 18.5. The largest absolute Gasteiger partial charge is 0.481 e. The second kappa shape index (κ2) is 25.7. The summed E-state index contributed by atoms with van der Waals surface area (Å²) in [6, 6.07) is -3.20. The van der Waals surface area contributed by atoms with Crippen molar-refractivity contribution >= 4 is 35.5 Å². The fourth-order valence-corrected chi connectivity index (χ4v) is 5.13. The normalized spacial score (nSPS) is 15.5. The summed E-state index contributed by atoms with van der Waals surface area (Å²) in [6.45, 7) is 24.3. The van der Waals surface area contributed by atoms with Crippen molar-refractivity contribution in [3.05, 3.63) is 0 Å². The Bertz CT molecular complexity index is 1090. The molecule has 8 N–H and O–H groups in total. The van der Waals surface area contributed by atoms with Crippen LogP contribution in [0.25, 0.3) is 0 Å². The lowest BCUT2D eigenvalue weighted by atomic mass is 9.97. The van der Waals surface area contributed by atoms with E-state index in [4.69, 9.17) is 5.11 Å². The molecule has 0 saturated heterocycles. The van der Waals surface area contributed by atoms with Gasteiger partial charge in [0.1, 0.15) is 18.1 Å². The molecule has 0 rings (SSSR count). The number of hydrogen-bond donors (Lipinski definition) is 8. The van der Waals surface area contributed by atoms with Crippen molar-refractivity contribution in [3.8, 4) is 0 Å². The lowest BCUT2D eigenvalue weighted by Crippen LogP contribution is -2.57. The van der Waals surface area contributed by atoms with Crippen LogP contribution in [0.2, 0.25) is 0 Å². The van der Waals surface area contributed by atoms with Crippen molar-refractivity contribution in [2.24, 2.45) is 29.6 Å². The quantitative estimate of drug-likeness (QED) is 0.0818. The topological polar surface area (TPSA) is 223 Å². The molecule has 0 aromatic rings. The molecular formula is C37H73N5O9. The average Bonchev–Trinajstić information content (AvgIpc) is 2.97. The van der Waals surface area contributed by atoms with Crippen LogP contribution in [0.15, 0.2) is 0 Å². The Hall–Kier alpha value is -3.26. The van der Waals surface area contributed by atoms with Gasteiger partial charge >= 0.3 is 5.97 Å². The van der Waals surface area contributed by atoms with Gasteiger partial charge in [0.05, 0.1) is 30.7 Å². The maximum atomic E-state index is 12.9. The summed E-state index contributed by atoms with van der Waals surface area (Å²) in [5.41, 5.74) is 0. The van der Waals surface area contributed by atoms with Gasteiger partial charge in [0, 0.05) is 14.3 Å². The third-order valence-corrected chi connectivity index (χ3v) is 7.83. The Morgan fingerprint density at radius 2 is 1.04 bits per heavy atom. The molecule has 0 aliphatic heterocycles. The summed E-state index contributed by atoms with van der Waals surface area (Å²) in [5, 5.41) is 42.4. The zero-order chi connectivity index (χ0) is 40.2. The number of rotatable bonds is 22. The molecule has 0 bridgehead atoms. The van der Waals surface area contributed by atoms with Crippen molar-refractivity contribution in [2.75, 3.05) is 0 Å². The van der Waals surface area contributed by atoms with Crippen LogP contribution in [-0.4, -0.2) is 93.2 Å². The lowest BCUT2D eigenvalue weighted by molar-refractivity contribution is -0.140. The first-order valence-electron chi connectivity index (χ1n) is 18.5. The standard InChI is InChI=1S/C23H45N3O4.C14H26N2O5.H2/c1-13(2)10-18(17(9)27)24-22(29)19(11-14(3)4)25-23(30)21(16(7)8)26-20(28)12-15(5)6;1-5-12(18)15-9(4)14(21)16-10(6-8(2)3)11(17)7-13(19)20;/h13-19,21,27H,10-12H2,1-9H3,(H,24,29)(H,25,30)(H,26,28);8-11,17H,5-7H2,1-4H3,(H,15,18)(H,16,21)(H,19,20);1H/t17-,18-,19-,21-;9-,10-,11-;/m00./s1/i;;1+1. The Balaban J connectivity index is -0.000000962. The maximum absolute atomic E-state index is 12.9. The highest BCUT2D eigenvalue weighted by Crippen LogP contribution is 2.13. The van der Waals surface area contributed by atoms with E-state index in [1.54, 1.807) is 20.8 Å². The van der Waals surface area contributed by atoms with Gasteiger partial charge in [-0.25, -0.2) is 0 Å². The van der Waals surface area contributed by atoms with E-state index >= 15 is 0 Å². The van der Waals surface area contributed by atoms with E-state index in [0.717, 1.165) is 0 Å². The van der Waals surface area contributed by atoms with Crippen molar-refractivity contribution in [1.82, 2.24) is 26.6 Å². The molecule has 5 amide bonds.